The molecule has 1 fully saturated rings. The van der Waals surface area contributed by atoms with Crippen molar-refractivity contribution in [2.45, 2.75) is 18.9 Å². The number of methoxy groups -OCH3 is 1. The summed E-state index contributed by atoms with van der Waals surface area (Å²) in [6.45, 7) is 1.32. The molecule has 0 radical (unpaired) electrons. The van der Waals surface area contributed by atoms with Crippen LogP contribution in [0.2, 0.25) is 0 Å². The Morgan fingerprint density at radius 1 is 1.44 bits per heavy atom. The van der Waals surface area contributed by atoms with Gasteiger partial charge in [0.1, 0.15) is 5.82 Å². The smallest absolute Gasteiger partial charge is 0.163 e. The van der Waals surface area contributed by atoms with Crippen LogP contribution in [0.5, 0.6) is 11.5 Å². The lowest BCUT2D eigenvalue weighted by Crippen LogP contribution is -2.27. The van der Waals surface area contributed by atoms with Crippen molar-refractivity contribution < 1.29 is 19.0 Å². The predicted octanol–water partition coefficient (Wildman–Crippen LogP) is 1.97. The standard InChI is InChI=1S/C13H18FNO3/c1-17-11-7-9(14)6-10(13(11)16)12(15)8-2-4-18-5-3-8/h6-8,12,16H,2-5,15H2,1H3/t12-/m1/s1. The fourth-order valence-corrected chi connectivity index (χ4v) is 2.33. The van der Waals surface area contributed by atoms with Gasteiger partial charge in [-0.3, -0.25) is 0 Å². The van der Waals surface area contributed by atoms with Crippen molar-refractivity contribution in [1.82, 2.24) is 0 Å². The van der Waals surface area contributed by atoms with Crippen LogP contribution in [0.3, 0.4) is 0 Å². The summed E-state index contributed by atoms with van der Waals surface area (Å²) >= 11 is 0. The number of benzene rings is 1. The van der Waals surface area contributed by atoms with Crippen LogP contribution < -0.4 is 10.5 Å². The number of hydrogen-bond acceptors (Lipinski definition) is 4. The van der Waals surface area contributed by atoms with E-state index in [4.69, 9.17) is 15.2 Å². The molecule has 5 heteroatoms. The summed E-state index contributed by atoms with van der Waals surface area (Å²) < 4.78 is 23.7. The molecule has 0 aliphatic carbocycles. The van der Waals surface area contributed by atoms with Gasteiger partial charge in [-0.05, 0) is 24.8 Å². The number of rotatable bonds is 3. The largest absolute Gasteiger partial charge is 0.504 e. The molecule has 1 heterocycles. The van der Waals surface area contributed by atoms with Crippen LogP contribution in [0.4, 0.5) is 4.39 Å². The third-order valence-corrected chi connectivity index (χ3v) is 3.42. The minimum Gasteiger partial charge on any atom is -0.504 e. The fraction of sp³-hybridized carbons (Fsp3) is 0.538. The van der Waals surface area contributed by atoms with Crippen LogP contribution in [0.15, 0.2) is 12.1 Å². The molecule has 0 spiro atoms. The van der Waals surface area contributed by atoms with Gasteiger partial charge in [0.2, 0.25) is 0 Å². The second-order valence-corrected chi connectivity index (χ2v) is 4.52. The van der Waals surface area contributed by atoms with E-state index in [9.17, 15) is 9.50 Å². The Labute approximate surface area is 106 Å². The van der Waals surface area contributed by atoms with E-state index >= 15 is 0 Å². The van der Waals surface area contributed by atoms with Gasteiger partial charge in [0.25, 0.3) is 0 Å². The van der Waals surface area contributed by atoms with Crippen molar-refractivity contribution in [1.29, 1.82) is 0 Å². The van der Waals surface area contributed by atoms with Crippen molar-refractivity contribution in [2.75, 3.05) is 20.3 Å². The maximum atomic E-state index is 13.5. The maximum absolute atomic E-state index is 13.5. The molecule has 3 N–H and O–H groups in total. The lowest BCUT2D eigenvalue weighted by molar-refractivity contribution is 0.0580. The summed E-state index contributed by atoms with van der Waals surface area (Å²) in [5.74, 6) is -0.219. The molecule has 0 aromatic heterocycles. The Morgan fingerprint density at radius 2 is 2.11 bits per heavy atom. The molecule has 1 atom stereocenters. The van der Waals surface area contributed by atoms with Crippen molar-refractivity contribution in [2.24, 2.45) is 11.7 Å². The first kappa shape index (κ1) is 13.1. The predicted molar refractivity (Wildman–Crippen MR) is 65.1 cm³/mol. The SMILES string of the molecule is COc1cc(F)cc([C@H](N)C2CCOCC2)c1O. The zero-order valence-corrected chi connectivity index (χ0v) is 10.4. The first-order valence-electron chi connectivity index (χ1n) is 6.03. The second kappa shape index (κ2) is 5.54. The van der Waals surface area contributed by atoms with Gasteiger partial charge < -0.3 is 20.3 Å². The molecule has 0 saturated carbocycles. The minimum absolute atomic E-state index is 0.0714. The van der Waals surface area contributed by atoms with E-state index in [0.29, 0.717) is 18.8 Å². The van der Waals surface area contributed by atoms with Crippen LogP contribution in [0.1, 0.15) is 24.4 Å². The highest BCUT2D eigenvalue weighted by Gasteiger charge is 2.26. The highest BCUT2D eigenvalue weighted by molar-refractivity contribution is 5.47. The normalized spacial score (nSPS) is 18.6. The topological polar surface area (TPSA) is 64.7 Å². The first-order valence-corrected chi connectivity index (χ1v) is 6.03. The number of halogens is 1. The summed E-state index contributed by atoms with van der Waals surface area (Å²) in [5, 5.41) is 10.0. The lowest BCUT2D eigenvalue weighted by Gasteiger charge is -2.28. The van der Waals surface area contributed by atoms with Crippen molar-refractivity contribution in [3.63, 3.8) is 0 Å². The number of aromatic hydroxyl groups is 1. The average Bonchev–Trinajstić information content (AvgIpc) is 2.41. The Balaban J connectivity index is 2.28. The summed E-state index contributed by atoms with van der Waals surface area (Å²) in [7, 11) is 1.39. The molecule has 18 heavy (non-hydrogen) atoms. The molecule has 1 aliphatic rings. The summed E-state index contributed by atoms with van der Waals surface area (Å²) in [6.07, 6.45) is 1.64. The zero-order valence-electron chi connectivity index (χ0n) is 10.4. The molecule has 1 aromatic rings. The second-order valence-electron chi connectivity index (χ2n) is 4.52. The Bertz CT molecular complexity index is 419. The van der Waals surface area contributed by atoms with Gasteiger partial charge in [-0.25, -0.2) is 4.39 Å². The van der Waals surface area contributed by atoms with Gasteiger partial charge in [-0.1, -0.05) is 0 Å². The van der Waals surface area contributed by atoms with Gasteiger partial charge in [0.15, 0.2) is 11.5 Å². The average molecular weight is 255 g/mol. The molecular weight excluding hydrogens is 237 g/mol. The van der Waals surface area contributed by atoms with Gasteiger partial charge in [0.05, 0.1) is 7.11 Å². The van der Waals surface area contributed by atoms with Gasteiger partial charge in [-0.2, -0.15) is 0 Å². The number of nitrogens with two attached hydrogens (primary N) is 1. The Hall–Kier alpha value is -1.33. The van der Waals surface area contributed by atoms with Gasteiger partial charge >= 0.3 is 0 Å². The Kier molecular flexibility index (Phi) is 4.04. The highest BCUT2D eigenvalue weighted by Crippen LogP contribution is 2.38. The molecule has 1 saturated heterocycles. The molecule has 1 aromatic carbocycles. The number of ether oxygens (including phenoxy) is 2. The molecule has 0 unspecified atom stereocenters. The van der Waals surface area contributed by atoms with Crippen molar-refractivity contribution in [3.8, 4) is 11.5 Å². The monoisotopic (exact) mass is 255 g/mol. The van der Waals surface area contributed by atoms with Gasteiger partial charge in [-0.15, -0.1) is 0 Å². The van der Waals surface area contributed by atoms with E-state index in [0.717, 1.165) is 18.9 Å². The molecule has 4 nitrogen and oxygen atoms in total. The van der Waals surface area contributed by atoms with Crippen LogP contribution in [-0.4, -0.2) is 25.4 Å². The van der Waals surface area contributed by atoms with Crippen LogP contribution in [-0.2, 0) is 4.74 Å². The zero-order chi connectivity index (χ0) is 13.1. The van der Waals surface area contributed by atoms with Crippen molar-refractivity contribution in [3.05, 3.63) is 23.5 Å². The number of hydrogen-bond donors (Lipinski definition) is 2. The van der Waals surface area contributed by atoms with Crippen molar-refractivity contribution >= 4 is 0 Å². The molecule has 0 bridgehead atoms. The van der Waals surface area contributed by atoms with Crippen LogP contribution >= 0.6 is 0 Å². The molecule has 100 valence electrons. The molecule has 1 aliphatic heterocycles. The fourth-order valence-electron chi connectivity index (χ4n) is 2.33. The van der Waals surface area contributed by atoms with Crippen LogP contribution in [0.25, 0.3) is 0 Å². The lowest BCUT2D eigenvalue weighted by atomic mass is 9.87. The number of phenolic OH excluding ortho intramolecular Hbond substituents is 1. The molecule has 2 rings (SSSR count). The third kappa shape index (κ3) is 2.57. The number of phenols is 1. The summed E-state index contributed by atoms with van der Waals surface area (Å²) in [4.78, 5) is 0. The minimum atomic E-state index is -0.456. The van der Waals surface area contributed by atoms with E-state index in [1.165, 1.54) is 13.2 Å². The summed E-state index contributed by atoms with van der Waals surface area (Å²) in [5.41, 5.74) is 6.53. The van der Waals surface area contributed by atoms with E-state index in [1.54, 1.807) is 0 Å². The molecule has 0 amide bonds. The van der Waals surface area contributed by atoms with E-state index < -0.39 is 11.9 Å². The third-order valence-electron chi connectivity index (χ3n) is 3.42. The van der Waals surface area contributed by atoms with E-state index in [1.807, 2.05) is 0 Å². The maximum Gasteiger partial charge on any atom is 0.163 e. The van der Waals surface area contributed by atoms with Gasteiger partial charge in [0, 0.05) is 30.9 Å². The summed E-state index contributed by atoms with van der Waals surface area (Å²) in [6, 6.07) is 2.02. The van der Waals surface area contributed by atoms with E-state index in [-0.39, 0.29) is 17.4 Å². The first-order chi connectivity index (χ1) is 8.63. The highest BCUT2D eigenvalue weighted by atomic mass is 19.1. The van der Waals surface area contributed by atoms with Crippen LogP contribution in [0, 0.1) is 11.7 Å². The van der Waals surface area contributed by atoms with E-state index in [2.05, 4.69) is 0 Å². The molecular formula is C13H18FNO3. The Morgan fingerprint density at radius 3 is 2.72 bits per heavy atom. The quantitative estimate of drug-likeness (QED) is 0.866.